The molecule has 0 bridgehead atoms. The highest BCUT2D eigenvalue weighted by Gasteiger charge is 2.11. The van der Waals surface area contributed by atoms with Gasteiger partial charge in [-0.05, 0) is 31.5 Å². The maximum Gasteiger partial charge on any atom is 0.226 e. The van der Waals surface area contributed by atoms with E-state index < -0.39 is 0 Å². The molecule has 90 valence electrons. The van der Waals surface area contributed by atoms with Crippen LogP contribution >= 0.6 is 12.4 Å². The molecule has 1 rings (SSSR count). The predicted octanol–water partition coefficient (Wildman–Crippen LogP) is 2.10. The minimum absolute atomic E-state index is 0. The van der Waals surface area contributed by atoms with Gasteiger partial charge in [0.15, 0.2) is 0 Å². The van der Waals surface area contributed by atoms with Gasteiger partial charge in [-0.25, -0.2) is 0 Å². The highest BCUT2D eigenvalue weighted by molar-refractivity contribution is 5.85. The summed E-state index contributed by atoms with van der Waals surface area (Å²) in [4.78, 5) is 13.5. The fourth-order valence-electron chi connectivity index (χ4n) is 1.22. The summed E-state index contributed by atoms with van der Waals surface area (Å²) in [6.07, 6.45) is 0.439. The van der Waals surface area contributed by atoms with Crippen molar-refractivity contribution in [2.45, 2.75) is 26.3 Å². The van der Waals surface area contributed by atoms with Crippen LogP contribution in [0.3, 0.4) is 0 Å². The summed E-state index contributed by atoms with van der Waals surface area (Å²) in [6.45, 7) is 4.00. The number of carbonyl (C=O) groups excluding carboxylic acids is 1. The fraction of sp³-hybridized carbons (Fsp3) is 0.417. The first kappa shape index (κ1) is 14.8. The topological polar surface area (TPSA) is 46.3 Å². The normalized spacial score (nSPS) is 9.75. The minimum atomic E-state index is 0. The molecule has 0 aliphatic carbocycles. The average Bonchev–Trinajstić information content (AvgIpc) is 2.20. The van der Waals surface area contributed by atoms with Crippen molar-refractivity contribution in [1.82, 2.24) is 4.90 Å². The Kier molecular flexibility index (Phi) is 5.89. The van der Waals surface area contributed by atoms with Crippen LogP contribution in [0.15, 0.2) is 24.3 Å². The number of hydrogen-bond acceptors (Lipinski definition) is 2. The second-order valence-corrected chi connectivity index (χ2v) is 4.02. The number of likely N-dealkylation sites (N-methyl/N-ethyl adjacent to an activating group) is 1. The molecule has 0 saturated carbocycles. The van der Waals surface area contributed by atoms with E-state index in [-0.39, 0.29) is 24.4 Å². The standard InChI is InChI=1S/C12H18N2O.ClH/c1-9(2)14(3)12(15)8-10-4-6-11(13)7-5-10;/h4-7,9H,8,13H2,1-3H3;1H. The van der Waals surface area contributed by atoms with Crippen LogP contribution < -0.4 is 5.73 Å². The van der Waals surface area contributed by atoms with Crippen LogP contribution in [0, 0.1) is 0 Å². The molecule has 0 aliphatic rings. The Labute approximate surface area is 103 Å². The van der Waals surface area contributed by atoms with Crippen molar-refractivity contribution in [3.8, 4) is 0 Å². The number of hydrogen-bond donors (Lipinski definition) is 1. The Morgan fingerprint density at radius 2 is 1.81 bits per heavy atom. The zero-order valence-corrected chi connectivity index (χ0v) is 10.8. The molecule has 3 nitrogen and oxygen atoms in total. The Bertz CT molecular complexity index is 335. The predicted molar refractivity (Wildman–Crippen MR) is 69.7 cm³/mol. The molecule has 0 saturated heterocycles. The van der Waals surface area contributed by atoms with Crippen LogP contribution in [0.1, 0.15) is 19.4 Å². The number of amides is 1. The number of nitrogens with two attached hydrogens (primary N) is 1. The largest absolute Gasteiger partial charge is 0.399 e. The van der Waals surface area contributed by atoms with E-state index in [4.69, 9.17) is 5.73 Å². The smallest absolute Gasteiger partial charge is 0.226 e. The van der Waals surface area contributed by atoms with E-state index in [0.717, 1.165) is 11.3 Å². The summed E-state index contributed by atoms with van der Waals surface area (Å²) >= 11 is 0. The minimum Gasteiger partial charge on any atom is -0.399 e. The summed E-state index contributed by atoms with van der Waals surface area (Å²) in [5.74, 6) is 0.134. The first-order valence-corrected chi connectivity index (χ1v) is 5.10. The molecule has 0 aromatic heterocycles. The number of halogens is 1. The van der Waals surface area contributed by atoms with Crippen LogP contribution in [0.2, 0.25) is 0 Å². The second kappa shape index (κ2) is 6.38. The lowest BCUT2D eigenvalue weighted by Gasteiger charge is -2.21. The zero-order valence-electron chi connectivity index (χ0n) is 9.93. The zero-order chi connectivity index (χ0) is 11.4. The van der Waals surface area contributed by atoms with E-state index in [2.05, 4.69) is 0 Å². The summed E-state index contributed by atoms with van der Waals surface area (Å²) < 4.78 is 0. The molecule has 16 heavy (non-hydrogen) atoms. The van der Waals surface area contributed by atoms with E-state index in [1.54, 1.807) is 4.90 Å². The number of carbonyl (C=O) groups is 1. The van der Waals surface area contributed by atoms with Crippen LogP contribution in [0.25, 0.3) is 0 Å². The number of benzene rings is 1. The molecule has 0 aliphatic heterocycles. The van der Waals surface area contributed by atoms with E-state index in [9.17, 15) is 4.79 Å². The molecular formula is C12H19ClN2O. The third-order valence-corrected chi connectivity index (χ3v) is 2.50. The first-order chi connectivity index (χ1) is 7.00. The van der Waals surface area contributed by atoms with Gasteiger partial charge in [0.05, 0.1) is 6.42 Å². The van der Waals surface area contributed by atoms with Gasteiger partial charge in [0.25, 0.3) is 0 Å². The van der Waals surface area contributed by atoms with Gasteiger partial charge in [-0.1, -0.05) is 12.1 Å². The summed E-state index contributed by atoms with van der Waals surface area (Å²) in [5.41, 5.74) is 7.30. The highest BCUT2D eigenvalue weighted by Crippen LogP contribution is 2.08. The monoisotopic (exact) mass is 242 g/mol. The Balaban J connectivity index is 0.00000225. The molecule has 0 spiro atoms. The Morgan fingerprint density at radius 3 is 2.25 bits per heavy atom. The maximum atomic E-state index is 11.7. The molecule has 0 radical (unpaired) electrons. The van der Waals surface area contributed by atoms with Gasteiger partial charge in [0.2, 0.25) is 5.91 Å². The van der Waals surface area contributed by atoms with E-state index in [0.29, 0.717) is 6.42 Å². The summed E-state index contributed by atoms with van der Waals surface area (Å²) in [7, 11) is 1.82. The van der Waals surface area contributed by atoms with Crippen molar-refractivity contribution in [3.63, 3.8) is 0 Å². The molecule has 1 aromatic carbocycles. The van der Waals surface area contributed by atoms with E-state index in [1.807, 2.05) is 45.2 Å². The molecule has 0 fully saturated rings. The van der Waals surface area contributed by atoms with Crippen LogP contribution in [-0.2, 0) is 11.2 Å². The van der Waals surface area contributed by atoms with Crippen LogP contribution in [-0.4, -0.2) is 23.9 Å². The maximum absolute atomic E-state index is 11.7. The molecule has 0 unspecified atom stereocenters. The van der Waals surface area contributed by atoms with Crippen LogP contribution in [0.5, 0.6) is 0 Å². The number of nitrogens with zero attached hydrogens (tertiary/aromatic N) is 1. The van der Waals surface area contributed by atoms with Crippen molar-refractivity contribution in [3.05, 3.63) is 29.8 Å². The molecule has 1 amide bonds. The first-order valence-electron chi connectivity index (χ1n) is 5.10. The lowest BCUT2D eigenvalue weighted by atomic mass is 10.1. The SMILES string of the molecule is CC(C)N(C)C(=O)Cc1ccc(N)cc1.Cl. The highest BCUT2D eigenvalue weighted by atomic mass is 35.5. The quantitative estimate of drug-likeness (QED) is 0.826. The van der Waals surface area contributed by atoms with Crippen molar-refractivity contribution < 1.29 is 4.79 Å². The average molecular weight is 243 g/mol. The Morgan fingerprint density at radius 1 is 1.31 bits per heavy atom. The van der Waals surface area contributed by atoms with Crippen molar-refractivity contribution in [2.75, 3.05) is 12.8 Å². The van der Waals surface area contributed by atoms with Gasteiger partial charge in [-0.2, -0.15) is 0 Å². The lowest BCUT2D eigenvalue weighted by Crippen LogP contribution is -2.34. The third kappa shape index (κ3) is 4.11. The fourth-order valence-corrected chi connectivity index (χ4v) is 1.22. The molecule has 4 heteroatoms. The molecular weight excluding hydrogens is 224 g/mol. The van der Waals surface area contributed by atoms with Crippen molar-refractivity contribution in [1.29, 1.82) is 0 Å². The molecule has 0 heterocycles. The van der Waals surface area contributed by atoms with Gasteiger partial charge in [0, 0.05) is 18.8 Å². The van der Waals surface area contributed by atoms with Crippen molar-refractivity contribution in [2.24, 2.45) is 0 Å². The summed E-state index contributed by atoms with van der Waals surface area (Å²) in [5, 5.41) is 0. The molecule has 1 aromatic rings. The number of nitrogen functional groups attached to an aromatic ring is 1. The molecule has 2 N–H and O–H groups in total. The number of anilines is 1. The van der Waals surface area contributed by atoms with Crippen molar-refractivity contribution >= 4 is 24.0 Å². The Hall–Kier alpha value is -1.22. The molecule has 0 atom stereocenters. The second-order valence-electron chi connectivity index (χ2n) is 4.02. The van der Waals surface area contributed by atoms with Gasteiger partial charge >= 0.3 is 0 Å². The van der Waals surface area contributed by atoms with E-state index in [1.165, 1.54) is 0 Å². The van der Waals surface area contributed by atoms with Crippen LogP contribution in [0.4, 0.5) is 5.69 Å². The van der Waals surface area contributed by atoms with Gasteiger partial charge in [0.1, 0.15) is 0 Å². The summed E-state index contributed by atoms with van der Waals surface area (Å²) in [6, 6.07) is 7.66. The van der Waals surface area contributed by atoms with Gasteiger partial charge < -0.3 is 10.6 Å². The lowest BCUT2D eigenvalue weighted by molar-refractivity contribution is -0.130. The van der Waals surface area contributed by atoms with E-state index >= 15 is 0 Å². The third-order valence-electron chi connectivity index (χ3n) is 2.50. The van der Waals surface area contributed by atoms with Gasteiger partial charge in [-0.15, -0.1) is 12.4 Å². The number of rotatable bonds is 3. The van der Waals surface area contributed by atoms with Gasteiger partial charge in [-0.3, -0.25) is 4.79 Å².